The highest BCUT2D eigenvalue weighted by molar-refractivity contribution is 6.30. The van der Waals surface area contributed by atoms with Gasteiger partial charge in [0.15, 0.2) is 0 Å². The molecule has 0 radical (unpaired) electrons. The van der Waals surface area contributed by atoms with Crippen LogP contribution in [0.1, 0.15) is 30.1 Å². The number of nitrogens with one attached hydrogen (secondary N) is 1. The van der Waals surface area contributed by atoms with Gasteiger partial charge in [-0.15, -0.1) is 0 Å². The van der Waals surface area contributed by atoms with Gasteiger partial charge in [0.25, 0.3) is 0 Å². The minimum atomic E-state index is -0.567. The Hall–Kier alpha value is -1.42. The van der Waals surface area contributed by atoms with Gasteiger partial charge < -0.3 is 10.4 Å². The van der Waals surface area contributed by atoms with Crippen molar-refractivity contribution in [2.75, 3.05) is 13.1 Å². The standard InChI is InChI=1S/C17H19ClFNO/c1-12(13-4-8-16(19)9-5-13)10-20-11-17(21)14-2-6-15(18)7-3-14/h2-9,12,17,20-21H,10-11H2,1H3. The fraction of sp³-hybridized carbons (Fsp3) is 0.294. The molecule has 0 aliphatic carbocycles. The normalized spacial score (nSPS) is 13.9. The van der Waals surface area contributed by atoms with Gasteiger partial charge in [-0.05, 0) is 41.3 Å². The van der Waals surface area contributed by atoms with Crippen LogP contribution in [0.2, 0.25) is 5.02 Å². The second-order valence-corrected chi connectivity index (χ2v) is 5.61. The Morgan fingerprint density at radius 1 is 1.00 bits per heavy atom. The average molecular weight is 308 g/mol. The third-order valence-electron chi connectivity index (χ3n) is 3.48. The van der Waals surface area contributed by atoms with Crippen LogP contribution in [-0.4, -0.2) is 18.2 Å². The molecule has 0 aromatic heterocycles. The minimum absolute atomic E-state index is 0.225. The fourth-order valence-corrected chi connectivity index (χ4v) is 2.27. The molecule has 4 heteroatoms. The first-order valence-electron chi connectivity index (χ1n) is 6.96. The molecule has 2 unspecified atom stereocenters. The fourth-order valence-electron chi connectivity index (χ4n) is 2.15. The minimum Gasteiger partial charge on any atom is -0.387 e. The van der Waals surface area contributed by atoms with Crippen molar-refractivity contribution in [1.82, 2.24) is 5.32 Å². The van der Waals surface area contributed by atoms with Crippen molar-refractivity contribution in [2.24, 2.45) is 0 Å². The highest BCUT2D eigenvalue weighted by Crippen LogP contribution is 2.17. The number of halogens is 2. The lowest BCUT2D eigenvalue weighted by Crippen LogP contribution is -2.25. The van der Waals surface area contributed by atoms with E-state index in [-0.39, 0.29) is 11.7 Å². The van der Waals surface area contributed by atoms with E-state index in [1.807, 2.05) is 12.1 Å². The molecule has 112 valence electrons. The lowest BCUT2D eigenvalue weighted by atomic mass is 10.0. The molecule has 0 bridgehead atoms. The van der Waals surface area contributed by atoms with Gasteiger partial charge in [-0.1, -0.05) is 42.8 Å². The summed E-state index contributed by atoms with van der Waals surface area (Å²) >= 11 is 5.82. The molecule has 2 nitrogen and oxygen atoms in total. The van der Waals surface area contributed by atoms with Crippen molar-refractivity contribution in [3.63, 3.8) is 0 Å². The Kier molecular flexibility index (Phi) is 5.74. The van der Waals surface area contributed by atoms with E-state index in [1.165, 1.54) is 12.1 Å². The van der Waals surface area contributed by atoms with E-state index in [2.05, 4.69) is 12.2 Å². The van der Waals surface area contributed by atoms with Gasteiger partial charge in [-0.3, -0.25) is 0 Å². The zero-order chi connectivity index (χ0) is 15.2. The molecule has 0 amide bonds. The molecule has 21 heavy (non-hydrogen) atoms. The van der Waals surface area contributed by atoms with Crippen LogP contribution in [-0.2, 0) is 0 Å². The van der Waals surface area contributed by atoms with E-state index in [0.29, 0.717) is 11.6 Å². The van der Waals surface area contributed by atoms with E-state index < -0.39 is 6.10 Å². The van der Waals surface area contributed by atoms with E-state index in [0.717, 1.165) is 17.7 Å². The predicted octanol–water partition coefficient (Wildman–Crippen LogP) is 3.91. The summed E-state index contributed by atoms with van der Waals surface area (Å²) in [5, 5.41) is 14.0. The maximum Gasteiger partial charge on any atom is 0.123 e. The molecule has 0 spiro atoms. The smallest absolute Gasteiger partial charge is 0.123 e. The largest absolute Gasteiger partial charge is 0.387 e. The number of aliphatic hydroxyl groups is 1. The van der Waals surface area contributed by atoms with E-state index in [9.17, 15) is 9.50 Å². The zero-order valence-corrected chi connectivity index (χ0v) is 12.6. The highest BCUT2D eigenvalue weighted by Gasteiger charge is 2.09. The monoisotopic (exact) mass is 307 g/mol. The maximum absolute atomic E-state index is 12.9. The third-order valence-corrected chi connectivity index (χ3v) is 3.73. The molecule has 2 rings (SSSR count). The first-order valence-corrected chi connectivity index (χ1v) is 7.34. The Bertz CT molecular complexity index is 505. The predicted molar refractivity (Wildman–Crippen MR) is 84.1 cm³/mol. The number of benzene rings is 2. The molecule has 0 heterocycles. The molecular formula is C17H19ClFNO. The molecule has 0 saturated carbocycles. The molecule has 2 aromatic rings. The van der Waals surface area contributed by atoms with Crippen molar-refractivity contribution < 1.29 is 9.50 Å². The van der Waals surface area contributed by atoms with Crippen LogP contribution in [0.4, 0.5) is 4.39 Å². The Labute approximate surface area is 129 Å². The van der Waals surface area contributed by atoms with Gasteiger partial charge in [-0.25, -0.2) is 4.39 Å². The summed E-state index contributed by atoms with van der Waals surface area (Å²) in [6.07, 6.45) is -0.567. The van der Waals surface area contributed by atoms with Gasteiger partial charge in [0.1, 0.15) is 5.82 Å². The van der Waals surface area contributed by atoms with Crippen molar-refractivity contribution in [3.05, 3.63) is 70.5 Å². The van der Waals surface area contributed by atoms with Crippen molar-refractivity contribution >= 4 is 11.6 Å². The molecule has 0 aliphatic rings. The van der Waals surface area contributed by atoms with Crippen molar-refractivity contribution in [2.45, 2.75) is 18.9 Å². The van der Waals surface area contributed by atoms with Gasteiger partial charge >= 0.3 is 0 Å². The van der Waals surface area contributed by atoms with Gasteiger partial charge in [0, 0.05) is 18.1 Å². The topological polar surface area (TPSA) is 32.3 Å². The average Bonchev–Trinajstić information content (AvgIpc) is 2.48. The molecule has 2 aromatic carbocycles. The number of rotatable bonds is 6. The maximum atomic E-state index is 12.9. The van der Waals surface area contributed by atoms with Crippen LogP contribution < -0.4 is 5.32 Å². The van der Waals surface area contributed by atoms with Crippen LogP contribution in [0, 0.1) is 5.82 Å². The van der Waals surface area contributed by atoms with Crippen LogP contribution in [0.15, 0.2) is 48.5 Å². The number of aliphatic hydroxyl groups excluding tert-OH is 1. The van der Waals surface area contributed by atoms with E-state index >= 15 is 0 Å². The van der Waals surface area contributed by atoms with Gasteiger partial charge in [0.2, 0.25) is 0 Å². The highest BCUT2D eigenvalue weighted by atomic mass is 35.5. The summed E-state index contributed by atoms with van der Waals surface area (Å²) in [4.78, 5) is 0. The molecule has 2 atom stereocenters. The van der Waals surface area contributed by atoms with Crippen molar-refractivity contribution in [1.29, 1.82) is 0 Å². The Morgan fingerprint density at radius 3 is 2.19 bits per heavy atom. The summed E-state index contributed by atoms with van der Waals surface area (Å²) in [6.45, 7) is 3.25. The summed E-state index contributed by atoms with van der Waals surface area (Å²) < 4.78 is 12.9. The summed E-state index contributed by atoms with van der Waals surface area (Å²) in [7, 11) is 0. The van der Waals surface area contributed by atoms with Crippen molar-refractivity contribution in [3.8, 4) is 0 Å². The summed E-state index contributed by atoms with van der Waals surface area (Å²) in [5.41, 5.74) is 1.91. The molecule has 0 aliphatic heterocycles. The summed E-state index contributed by atoms with van der Waals surface area (Å²) in [6, 6.07) is 13.7. The third kappa shape index (κ3) is 4.81. The van der Waals surface area contributed by atoms with Crippen LogP contribution in [0.25, 0.3) is 0 Å². The summed E-state index contributed by atoms with van der Waals surface area (Å²) in [5.74, 6) is 0.0279. The van der Waals surface area contributed by atoms with Gasteiger partial charge in [0.05, 0.1) is 6.10 Å². The second-order valence-electron chi connectivity index (χ2n) is 5.18. The van der Waals surface area contributed by atoms with Crippen LogP contribution >= 0.6 is 11.6 Å². The Morgan fingerprint density at radius 2 is 1.57 bits per heavy atom. The Balaban J connectivity index is 1.80. The van der Waals surface area contributed by atoms with E-state index in [4.69, 9.17) is 11.6 Å². The molecular weight excluding hydrogens is 289 g/mol. The second kappa shape index (κ2) is 7.55. The SMILES string of the molecule is CC(CNCC(O)c1ccc(Cl)cc1)c1ccc(F)cc1. The van der Waals surface area contributed by atoms with Gasteiger partial charge in [-0.2, -0.15) is 0 Å². The lowest BCUT2D eigenvalue weighted by molar-refractivity contribution is 0.174. The number of hydrogen-bond donors (Lipinski definition) is 2. The quantitative estimate of drug-likeness (QED) is 0.848. The van der Waals surface area contributed by atoms with E-state index in [1.54, 1.807) is 24.3 Å². The molecule has 0 fully saturated rings. The van der Waals surface area contributed by atoms with Crippen LogP contribution in [0.5, 0.6) is 0 Å². The molecule has 0 saturated heterocycles. The van der Waals surface area contributed by atoms with Crippen LogP contribution in [0.3, 0.4) is 0 Å². The molecule has 2 N–H and O–H groups in total. The first kappa shape index (κ1) is 16.0. The zero-order valence-electron chi connectivity index (χ0n) is 11.9. The number of hydrogen-bond acceptors (Lipinski definition) is 2. The first-order chi connectivity index (χ1) is 10.1. The lowest BCUT2D eigenvalue weighted by Gasteiger charge is -2.16.